The normalized spacial score (nSPS) is 24.2. The number of phenolic OH excluding ortho intramolecular Hbond substituents is 1. The second kappa shape index (κ2) is 35.6. The van der Waals surface area contributed by atoms with E-state index in [0.29, 0.717) is 22.6 Å². The van der Waals surface area contributed by atoms with Gasteiger partial charge in [-0.05, 0) is 90.7 Å². The first-order valence-electron chi connectivity index (χ1n) is 30.9. The Morgan fingerprint density at radius 1 is 0.742 bits per heavy atom. The summed E-state index contributed by atoms with van der Waals surface area (Å²) < 4.78 is 21.0. The van der Waals surface area contributed by atoms with Gasteiger partial charge in [-0.1, -0.05) is 69.9 Å². The molecule has 3 fully saturated rings. The van der Waals surface area contributed by atoms with Crippen molar-refractivity contribution < 1.29 is 137 Å². The molecule has 4 heterocycles. The number of amides is 8. The fraction of sp³-hybridized carbons (Fsp3) is 0.460. The molecule has 1 aromatic heterocycles. The smallest absolute Gasteiger partial charge is 0.691 e. The zero-order valence-electron chi connectivity index (χ0n) is 53.3. The average molecular weight is 1380 g/mol. The summed E-state index contributed by atoms with van der Waals surface area (Å²) >= 11 is -0.0888. The number of benzene rings is 4. The predicted octanol–water partition coefficient (Wildman–Crippen LogP) is -4.39. The number of nitrogens with two attached hydrogens (primary N) is 1. The molecule has 97 heavy (non-hydrogen) atoms. The van der Waals surface area contributed by atoms with Crippen LogP contribution in [0.4, 0.5) is 0 Å². The largest absolute Gasteiger partial charge is 1.00 e. The van der Waals surface area contributed by atoms with Gasteiger partial charge in [0.25, 0.3) is 18.2 Å². The summed E-state index contributed by atoms with van der Waals surface area (Å²) in [6.45, 7) is 3.46. The average Bonchev–Trinajstić information content (AvgIpc) is 1.71. The zero-order chi connectivity index (χ0) is 69.5. The van der Waals surface area contributed by atoms with Crippen LogP contribution in [0.1, 0.15) is 94.2 Å². The Bertz CT molecular complexity index is 3520. The van der Waals surface area contributed by atoms with Crippen LogP contribution in [-0.2, 0) is 42.9 Å². The van der Waals surface area contributed by atoms with Crippen LogP contribution in [0.15, 0.2) is 95.4 Å². The molecule has 4 aromatic carbocycles. The van der Waals surface area contributed by atoms with Gasteiger partial charge in [-0.2, -0.15) is 0 Å². The van der Waals surface area contributed by atoms with E-state index in [1.54, 1.807) is 0 Å². The molecular formula is C63H77N10NaO22S. The number of hydrogen-bond donors (Lipinski definition) is 14. The Balaban J connectivity index is 0.0000133. The fourth-order valence-electron chi connectivity index (χ4n) is 11.3. The number of rotatable bonds is 23. The van der Waals surface area contributed by atoms with E-state index in [-0.39, 0.29) is 64.8 Å². The van der Waals surface area contributed by atoms with E-state index >= 15 is 0 Å². The molecule has 518 valence electrons. The molecule has 3 aliphatic rings. The minimum Gasteiger partial charge on any atom is -0.691 e. The maximum atomic E-state index is 14.7. The van der Waals surface area contributed by atoms with Crippen molar-refractivity contribution in [2.45, 2.75) is 151 Å². The second-order valence-corrected chi connectivity index (χ2v) is 24.1. The number of aliphatic hydroxyl groups excluding tert-OH is 7. The Morgan fingerprint density at radius 2 is 1.34 bits per heavy atom. The number of unbranched alkanes of at least 4 members (excludes halogenated alkanes) is 4. The summed E-state index contributed by atoms with van der Waals surface area (Å²) in [7, 11) is 0. The van der Waals surface area contributed by atoms with Crippen molar-refractivity contribution in [3.8, 4) is 51.3 Å². The quantitative estimate of drug-likeness (QED) is 0.00965. The summed E-state index contributed by atoms with van der Waals surface area (Å²) in [5.74, 6) is -11.1. The van der Waals surface area contributed by atoms with Crippen molar-refractivity contribution in [2.75, 3.05) is 26.2 Å². The van der Waals surface area contributed by atoms with Crippen molar-refractivity contribution in [3.63, 3.8) is 0 Å². The number of carbonyl (C=O) groups excluding carboxylic acids is 8. The minimum atomic E-state index is -2.55. The van der Waals surface area contributed by atoms with E-state index in [2.05, 4.69) is 53.1 Å². The summed E-state index contributed by atoms with van der Waals surface area (Å²) in [4.78, 5) is 115. The molecule has 15 N–H and O–H groups in total. The standard InChI is InChI=1S/C63H78N10O22S.Na/c1-4-5-6-7-8-23-91-41-20-17-34(18-21-41)33-9-13-36(14-10-33)60-70-71-61(92-60)37-15-11-35(12-16-37)55(83)66-42-25-39(75)28-65-59(87)51-52(80)31(2)29-73(51)63(89)49(45(78)27-47(64)79)68-58(86)50(54(82)53(81)38-19-22-44(77)46(24-38)93-96-95-94-90)69-57(85)43-26-40(76)30-72(43)62(88)48(32(3)74)67-56(42)84;/h9-22,24,31-32,39-40,42-43,45,48-54,74-78,80-82,90H,4-8,23,25-30H2,1-3H3,(H2,64,79)(H,65,87)(H,66,83)(H,67,84)(H,68,86)(H,69,85);/q;+1/p-1/t31?,32?,39?,40?,42-,43?,45?,48?,49?,50?,51?,52?,53?,54?;/m0./s1. The number of phenols is 1. The number of hydrogen-bond acceptors (Lipinski definition) is 25. The number of aliphatic hydroxyl groups is 7. The van der Waals surface area contributed by atoms with E-state index in [9.17, 15) is 84.5 Å². The van der Waals surface area contributed by atoms with E-state index in [1.165, 1.54) is 50.5 Å². The molecule has 0 bridgehead atoms. The predicted molar refractivity (Wildman–Crippen MR) is 333 cm³/mol. The van der Waals surface area contributed by atoms with Crippen LogP contribution >= 0.6 is 12.3 Å². The zero-order valence-corrected chi connectivity index (χ0v) is 56.1. The van der Waals surface area contributed by atoms with Crippen LogP contribution in [0.25, 0.3) is 34.0 Å². The number of aromatic hydroxyl groups is 1. The van der Waals surface area contributed by atoms with Crippen LogP contribution in [0.5, 0.6) is 17.2 Å². The summed E-state index contributed by atoms with van der Waals surface area (Å²) in [5.41, 5.74) is 7.86. The Hall–Kier alpha value is -7.87. The summed E-state index contributed by atoms with van der Waals surface area (Å²) in [5, 5.41) is 124. The SMILES string of the molecule is CCCCCCCOc1ccc(-c2ccc(-c3nnc(-c4ccc(C(=O)N[C@H]5CC(O)CNC(=O)C6C(O)C(C)CN6C(=O)C(C(O)CC(N)=O)NC(=O)C(C(O)C(O)c6ccc(O)c(OSOO[O-])c6)NC(=O)C6CC(O)CN6C(=O)C(C(C)O)NC5=O)cc4)o3)cc2)cc1.[Na+]. The third-order valence-corrected chi connectivity index (χ3v) is 17.0. The molecule has 5 aromatic rings. The molecule has 3 saturated heterocycles. The number of fused-ring (bicyclic) bond motifs is 2. The van der Waals surface area contributed by atoms with Gasteiger partial charge in [-0.25, -0.2) is 0 Å². The van der Waals surface area contributed by atoms with Gasteiger partial charge in [0, 0.05) is 55.1 Å². The first-order chi connectivity index (χ1) is 45.9. The Labute approximate surface area is 582 Å². The summed E-state index contributed by atoms with van der Waals surface area (Å²) in [6, 6.07) is 11.4. The van der Waals surface area contributed by atoms with Gasteiger partial charge in [-0.3, -0.25) is 43.4 Å². The molecule has 14 atom stereocenters. The molecular weight excluding hydrogens is 1300 g/mol. The molecule has 13 unspecified atom stereocenters. The maximum absolute atomic E-state index is 14.7. The van der Waals surface area contributed by atoms with Gasteiger partial charge in [0.1, 0.15) is 54.2 Å². The second-order valence-electron chi connectivity index (χ2n) is 23.7. The van der Waals surface area contributed by atoms with Crippen LogP contribution in [0.2, 0.25) is 0 Å². The molecule has 8 amide bonds. The third kappa shape index (κ3) is 19.7. The van der Waals surface area contributed by atoms with Crippen molar-refractivity contribution in [3.05, 3.63) is 102 Å². The number of carbonyl (C=O) groups is 8. The van der Waals surface area contributed by atoms with E-state index in [4.69, 9.17) is 19.1 Å². The van der Waals surface area contributed by atoms with Crippen LogP contribution in [-0.4, -0.2) is 207 Å². The molecule has 8 rings (SSSR count). The van der Waals surface area contributed by atoms with E-state index in [0.717, 1.165) is 59.7 Å². The Kier molecular flexibility index (Phi) is 28.1. The third-order valence-electron chi connectivity index (χ3n) is 16.6. The van der Waals surface area contributed by atoms with Gasteiger partial charge >= 0.3 is 29.6 Å². The number of nitrogens with one attached hydrogen (secondary N) is 5. The van der Waals surface area contributed by atoms with Crippen LogP contribution in [0, 0.1) is 5.92 Å². The molecule has 0 spiro atoms. The van der Waals surface area contributed by atoms with Gasteiger partial charge in [0.2, 0.25) is 53.1 Å². The molecule has 32 nitrogen and oxygen atoms in total. The van der Waals surface area contributed by atoms with Gasteiger partial charge in [0.15, 0.2) is 11.5 Å². The van der Waals surface area contributed by atoms with Gasteiger partial charge in [0.05, 0.1) is 43.5 Å². The first-order valence-corrected chi connectivity index (χ1v) is 31.6. The number of ether oxygens (including phenoxy) is 1. The van der Waals surface area contributed by atoms with Gasteiger partial charge < -0.3 is 102 Å². The van der Waals surface area contributed by atoms with Crippen molar-refractivity contribution >= 4 is 59.6 Å². The van der Waals surface area contributed by atoms with E-state index in [1.807, 2.05) is 48.5 Å². The van der Waals surface area contributed by atoms with Crippen molar-refractivity contribution in [1.29, 1.82) is 0 Å². The van der Waals surface area contributed by atoms with Crippen molar-refractivity contribution in [2.24, 2.45) is 11.7 Å². The molecule has 0 radical (unpaired) electrons. The fourth-order valence-corrected chi connectivity index (χ4v) is 11.6. The molecule has 0 aliphatic carbocycles. The monoisotopic (exact) mass is 1380 g/mol. The first kappa shape index (κ1) is 76.5. The minimum absolute atomic E-state index is 0. The number of nitrogens with zero attached hydrogens (tertiary/aromatic N) is 4. The van der Waals surface area contributed by atoms with Crippen molar-refractivity contribution in [1.82, 2.24) is 46.6 Å². The maximum Gasteiger partial charge on any atom is 1.00 e. The molecule has 0 saturated carbocycles. The Morgan fingerprint density at radius 3 is 1.97 bits per heavy atom. The summed E-state index contributed by atoms with van der Waals surface area (Å²) in [6.07, 6.45) is -10.6. The molecule has 3 aliphatic heterocycles. The van der Waals surface area contributed by atoms with Gasteiger partial charge in [-0.15, -0.1) is 14.5 Å². The van der Waals surface area contributed by atoms with E-state index < -0.39 is 183 Å². The van der Waals surface area contributed by atoms with Crippen LogP contribution < -0.4 is 76.1 Å². The number of β-amino-alcohol motifs (C(OH)–C–C–N with tert-alkyl or cyclic N) is 1. The van der Waals surface area contributed by atoms with Crippen LogP contribution in [0.3, 0.4) is 0 Å². The number of primary amides is 1. The number of aromatic nitrogens is 2. The topological polar surface area (TPSA) is 490 Å². The molecule has 34 heteroatoms.